The zero-order valence-electron chi connectivity index (χ0n) is 62.9. The highest BCUT2D eigenvalue weighted by Gasteiger charge is 2.44. The standard InChI is InChI=1S/C84H161NO10/c1-3-5-7-9-11-13-14-15-16-17-39-43-46-49-52-56-60-64-68-72-80(89)93-73-69-65-61-57-53-50-47-44-41-38-36-34-32-30-28-26-24-22-20-18-19-21-23-25-27-29-31-33-35-37-40-42-45-48-51-55-59-63-67-71-79(88)85-76(77(87)70-66-62-58-54-12-10-8-6-4-2)75-94-84-83(92)82(91)81(90)78(74-86)95-84/h15-16,66,70,76-78,81-84,86-87,90-92H,3-14,17-65,67-69,71-75H2,1-2H3,(H,85,88)/b16-15-,70-66+. The van der Waals surface area contributed by atoms with Gasteiger partial charge in [0, 0.05) is 12.8 Å². The summed E-state index contributed by atoms with van der Waals surface area (Å²) in [5.74, 6) is -0.156. The van der Waals surface area contributed by atoms with E-state index in [2.05, 4.69) is 31.3 Å². The first kappa shape index (κ1) is 91.2. The number of ether oxygens (including phenoxy) is 3. The number of allylic oxidation sites excluding steroid dienone is 3. The van der Waals surface area contributed by atoms with Gasteiger partial charge in [-0.1, -0.05) is 391 Å². The van der Waals surface area contributed by atoms with Crippen LogP contribution in [-0.2, 0) is 23.8 Å². The summed E-state index contributed by atoms with van der Waals surface area (Å²) < 4.78 is 16.8. The van der Waals surface area contributed by atoms with Crippen molar-refractivity contribution in [3.8, 4) is 0 Å². The van der Waals surface area contributed by atoms with Crippen molar-refractivity contribution in [2.75, 3.05) is 19.8 Å². The molecular formula is C84H161NO10. The lowest BCUT2D eigenvalue weighted by Gasteiger charge is -2.40. The van der Waals surface area contributed by atoms with Crippen molar-refractivity contribution in [3.05, 3.63) is 24.3 Å². The first-order valence-electron chi connectivity index (χ1n) is 42.1. The molecule has 7 unspecified atom stereocenters. The molecule has 1 rings (SSSR count). The summed E-state index contributed by atoms with van der Waals surface area (Å²) in [6.07, 6.45) is 85.4. The molecule has 6 N–H and O–H groups in total. The number of aliphatic hydroxyl groups excluding tert-OH is 5. The van der Waals surface area contributed by atoms with E-state index in [-0.39, 0.29) is 18.5 Å². The second-order valence-corrected chi connectivity index (χ2v) is 29.5. The maximum Gasteiger partial charge on any atom is 0.305 e. The second-order valence-electron chi connectivity index (χ2n) is 29.5. The third kappa shape index (κ3) is 61.7. The van der Waals surface area contributed by atoms with E-state index < -0.39 is 49.5 Å². The Morgan fingerprint density at radius 1 is 0.379 bits per heavy atom. The van der Waals surface area contributed by atoms with Gasteiger partial charge in [0.25, 0.3) is 0 Å². The summed E-state index contributed by atoms with van der Waals surface area (Å²) in [5.41, 5.74) is 0. The van der Waals surface area contributed by atoms with E-state index >= 15 is 0 Å². The smallest absolute Gasteiger partial charge is 0.305 e. The third-order valence-corrected chi connectivity index (χ3v) is 20.3. The molecule has 0 aromatic heterocycles. The Labute approximate surface area is 588 Å². The Morgan fingerprint density at radius 2 is 0.674 bits per heavy atom. The third-order valence-electron chi connectivity index (χ3n) is 20.3. The van der Waals surface area contributed by atoms with Crippen molar-refractivity contribution in [1.82, 2.24) is 5.32 Å². The summed E-state index contributed by atoms with van der Waals surface area (Å²) in [4.78, 5) is 25.2. The number of carbonyl (C=O) groups is 2. The normalized spacial score (nSPS) is 17.4. The van der Waals surface area contributed by atoms with Gasteiger partial charge >= 0.3 is 5.97 Å². The van der Waals surface area contributed by atoms with E-state index in [0.717, 1.165) is 51.4 Å². The molecular weight excluding hydrogens is 1180 g/mol. The topological polar surface area (TPSA) is 175 Å². The molecule has 1 saturated heterocycles. The van der Waals surface area contributed by atoms with Crippen LogP contribution in [0.15, 0.2) is 24.3 Å². The maximum atomic E-state index is 13.0. The highest BCUT2D eigenvalue weighted by Crippen LogP contribution is 2.24. The Bertz CT molecular complexity index is 1630. The predicted molar refractivity (Wildman–Crippen MR) is 403 cm³/mol. The Balaban J connectivity index is 1.81. The number of nitrogens with one attached hydrogen (secondary N) is 1. The number of amides is 1. The van der Waals surface area contributed by atoms with Crippen LogP contribution in [0.25, 0.3) is 0 Å². The molecule has 0 saturated carbocycles. The number of esters is 1. The van der Waals surface area contributed by atoms with Crippen LogP contribution in [0.5, 0.6) is 0 Å². The van der Waals surface area contributed by atoms with Crippen molar-refractivity contribution in [1.29, 1.82) is 0 Å². The van der Waals surface area contributed by atoms with Gasteiger partial charge < -0.3 is 45.1 Å². The lowest BCUT2D eigenvalue weighted by Crippen LogP contribution is -2.60. The molecule has 1 amide bonds. The highest BCUT2D eigenvalue weighted by molar-refractivity contribution is 5.76. The minimum atomic E-state index is -1.57. The van der Waals surface area contributed by atoms with Gasteiger partial charge in [-0.05, 0) is 57.8 Å². The van der Waals surface area contributed by atoms with Crippen LogP contribution in [0, 0.1) is 0 Å². The number of hydrogen-bond acceptors (Lipinski definition) is 10. The molecule has 0 aliphatic carbocycles. The van der Waals surface area contributed by atoms with Gasteiger partial charge in [0.2, 0.25) is 5.91 Å². The minimum absolute atomic E-state index is 0.0189. The average Bonchev–Trinajstić information content (AvgIpc) is 0.847. The molecule has 1 aliphatic heterocycles. The van der Waals surface area contributed by atoms with Crippen molar-refractivity contribution in [2.24, 2.45) is 0 Å². The molecule has 0 bridgehead atoms. The van der Waals surface area contributed by atoms with E-state index in [9.17, 15) is 35.1 Å². The fourth-order valence-corrected chi connectivity index (χ4v) is 13.7. The van der Waals surface area contributed by atoms with Gasteiger partial charge in [-0.15, -0.1) is 0 Å². The first-order valence-corrected chi connectivity index (χ1v) is 42.1. The van der Waals surface area contributed by atoms with Crippen LogP contribution < -0.4 is 5.32 Å². The average molecular weight is 1350 g/mol. The maximum absolute atomic E-state index is 13.0. The number of unbranched alkanes of at least 4 members (excludes halogenated alkanes) is 60. The molecule has 0 spiro atoms. The van der Waals surface area contributed by atoms with Gasteiger partial charge in [0.05, 0.1) is 32.0 Å². The summed E-state index contributed by atoms with van der Waals surface area (Å²) >= 11 is 0. The molecule has 7 atom stereocenters. The molecule has 95 heavy (non-hydrogen) atoms. The molecule has 11 nitrogen and oxygen atoms in total. The number of carbonyl (C=O) groups excluding carboxylic acids is 2. The lowest BCUT2D eigenvalue weighted by molar-refractivity contribution is -0.302. The molecule has 11 heteroatoms. The Kier molecular flexibility index (Phi) is 70.4. The fourth-order valence-electron chi connectivity index (χ4n) is 13.7. The van der Waals surface area contributed by atoms with Gasteiger partial charge in [0.1, 0.15) is 24.4 Å². The van der Waals surface area contributed by atoms with Crippen LogP contribution >= 0.6 is 0 Å². The summed E-state index contributed by atoms with van der Waals surface area (Å²) in [7, 11) is 0. The SMILES string of the molecule is CCCCCCCC/C=C\CCCCCCCCCCCC(=O)OCCCCCCCCCCCCCCCCCCCCCCCCCCCCCCCCCCCCCCCCCC(=O)NC(COC1OC(CO)C(O)C(O)C1O)C(O)/C=C/CCCCCCCCC. The van der Waals surface area contributed by atoms with E-state index in [1.54, 1.807) is 6.08 Å². The van der Waals surface area contributed by atoms with Gasteiger partial charge in [-0.3, -0.25) is 9.59 Å². The Morgan fingerprint density at radius 3 is 1.01 bits per heavy atom. The van der Waals surface area contributed by atoms with Crippen LogP contribution in [0.4, 0.5) is 0 Å². The van der Waals surface area contributed by atoms with Crippen LogP contribution in [0.2, 0.25) is 0 Å². The van der Waals surface area contributed by atoms with Gasteiger partial charge in [0.15, 0.2) is 6.29 Å². The van der Waals surface area contributed by atoms with Crippen LogP contribution in [-0.4, -0.2) is 100 Å². The zero-order chi connectivity index (χ0) is 68.6. The van der Waals surface area contributed by atoms with E-state index in [4.69, 9.17) is 14.2 Å². The Hall–Kier alpha value is -1.86. The summed E-state index contributed by atoms with van der Waals surface area (Å²) in [6.45, 7) is 4.37. The van der Waals surface area contributed by atoms with Crippen LogP contribution in [0.3, 0.4) is 0 Å². The van der Waals surface area contributed by atoms with Crippen LogP contribution in [0.1, 0.15) is 438 Å². The summed E-state index contributed by atoms with van der Waals surface area (Å²) in [5, 5.41) is 54.4. The molecule has 562 valence electrons. The lowest BCUT2D eigenvalue weighted by atomic mass is 9.99. The molecule has 1 fully saturated rings. The summed E-state index contributed by atoms with van der Waals surface area (Å²) in [6, 6.07) is -0.803. The second kappa shape index (κ2) is 73.4. The number of hydrogen-bond donors (Lipinski definition) is 6. The van der Waals surface area contributed by atoms with E-state index in [0.29, 0.717) is 19.4 Å². The number of aliphatic hydroxyl groups is 5. The molecule has 1 aliphatic rings. The van der Waals surface area contributed by atoms with Crippen molar-refractivity contribution in [3.63, 3.8) is 0 Å². The van der Waals surface area contributed by atoms with Crippen molar-refractivity contribution < 1.29 is 49.3 Å². The molecule has 0 aromatic rings. The quantitative estimate of drug-likeness (QED) is 0.0195. The molecule has 0 aromatic carbocycles. The monoisotopic (exact) mass is 1340 g/mol. The predicted octanol–water partition coefficient (Wildman–Crippen LogP) is 23.1. The van der Waals surface area contributed by atoms with E-state index in [1.165, 1.54) is 360 Å². The van der Waals surface area contributed by atoms with Crippen molar-refractivity contribution in [2.45, 2.75) is 480 Å². The fraction of sp³-hybridized carbons (Fsp3) is 0.929. The van der Waals surface area contributed by atoms with Gasteiger partial charge in [-0.2, -0.15) is 0 Å². The van der Waals surface area contributed by atoms with Crippen molar-refractivity contribution >= 4 is 11.9 Å². The molecule has 1 heterocycles. The largest absolute Gasteiger partial charge is 0.466 e. The number of rotatable bonds is 76. The zero-order valence-corrected chi connectivity index (χ0v) is 62.9. The molecule has 0 radical (unpaired) electrons. The first-order chi connectivity index (χ1) is 46.7. The van der Waals surface area contributed by atoms with E-state index in [1.807, 2.05) is 6.08 Å². The highest BCUT2D eigenvalue weighted by atomic mass is 16.7. The van der Waals surface area contributed by atoms with Gasteiger partial charge in [-0.25, -0.2) is 0 Å². The minimum Gasteiger partial charge on any atom is -0.466 e.